The van der Waals surface area contributed by atoms with Crippen LogP contribution >= 0.6 is 0 Å². The summed E-state index contributed by atoms with van der Waals surface area (Å²) in [6, 6.07) is 6.98. The van der Waals surface area contributed by atoms with Crippen molar-refractivity contribution in [3.8, 4) is 5.75 Å². The van der Waals surface area contributed by atoms with Crippen molar-refractivity contribution in [2.75, 3.05) is 20.3 Å². The minimum atomic E-state index is -0.331. The van der Waals surface area contributed by atoms with E-state index in [1.54, 1.807) is 24.3 Å². The number of ether oxygens (including phenoxy) is 1. The molecule has 1 heterocycles. The first-order valence-corrected chi connectivity index (χ1v) is 7.22. The maximum atomic E-state index is 12.1. The fraction of sp³-hybridized carbons (Fsp3) is 0.375. The van der Waals surface area contributed by atoms with Gasteiger partial charge in [-0.15, -0.1) is 0 Å². The maximum Gasteiger partial charge on any atom is 0.256 e. The molecule has 0 radical (unpaired) electrons. The Kier molecular flexibility index (Phi) is 5.55. The Morgan fingerprint density at radius 1 is 1.36 bits per heavy atom. The number of methoxy groups -OCH3 is 1. The number of aliphatic hydroxyl groups is 1. The standard InChI is InChI=1S/C16H20N2O4/c1-21-13-7-5-6-11-10-12(15(17)22-14(11)13)16(20)18-8-3-2-4-9-19/h5-7,10,17,19H,2-4,8-9H2,1H3,(H,18,20). The van der Waals surface area contributed by atoms with Crippen molar-refractivity contribution in [2.45, 2.75) is 19.3 Å². The van der Waals surface area contributed by atoms with Crippen molar-refractivity contribution in [3.05, 3.63) is 35.4 Å². The van der Waals surface area contributed by atoms with Crippen molar-refractivity contribution < 1.29 is 19.1 Å². The van der Waals surface area contributed by atoms with E-state index in [9.17, 15) is 4.79 Å². The molecular weight excluding hydrogens is 284 g/mol. The van der Waals surface area contributed by atoms with Crippen LogP contribution in [0.25, 0.3) is 11.0 Å². The SMILES string of the molecule is COc1cccc2cc(C(=O)NCCCCCO)c(=N)oc12. The van der Waals surface area contributed by atoms with Gasteiger partial charge >= 0.3 is 0 Å². The summed E-state index contributed by atoms with van der Waals surface area (Å²) in [4.78, 5) is 12.1. The topological polar surface area (TPSA) is 95.5 Å². The summed E-state index contributed by atoms with van der Waals surface area (Å²) in [5, 5.41) is 20.1. The smallest absolute Gasteiger partial charge is 0.256 e. The van der Waals surface area contributed by atoms with E-state index in [0.717, 1.165) is 19.3 Å². The predicted molar refractivity (Wildman–Crippen MR) is 81.9 cm³/mol. The lowest BCUT2D eigenvalue weighted by molar-refractivity contribution is 0.0948. The molecule has 6 heteroatoms. The van der Waals surface area contributed by atoms with E-state index in [1.165, 1.54) is 7.11 Å². The lowest BCUT2D eigenvalue weighted by atomic mass is 10.1. The average Bonchev–Trinajstić information content (AvgIpc) is 2.53. The first kappa shape index (κ1) is 16.0. The number of benzene rings is 1. The van der Waals surface area contributed by atoms with Crippen LogP contribution in [0.2, 0.25) is 0 Å². The highest BCUT2D eigenvalue weighted by molar-refractivity contribution is 5.97. The fourth-order valence-corrected chi connectivity index (χ4v) is 2.17. The van der Waals surface area contributed by atoms with Gasteiger partial charge in [-0.25, -0.2) is 0 Å². The zero-order valence-electron chi connectivity index (χ0n) is 12.5. The molecule has 0 saturated carbocycles. The minimum absolute atomic E-state index is 0.163. The summed E-state index contributed by atoms with van der Waals surface area (Å²) in [7, 11) is 1.53. The van der Waals surface area contributed by atoms with E-state index >= 15 is 0 Å². The first-order chi connectivity index (χ1) is 10.7. The molecule has 2 aromatic rings. The molecule has 0 saturated heterocycles. The van der Waals surface area contributed by atoms with Gasteiger partial charge in [0.2, 0.25) is 5.55 Å². The number of nitrogens with one attached hydrogen (secondary N) is 2. The number of carbonyl (C=O) groups is 1. The van der Waals surface area contributed by atoms with Crippen LogP contribution in [0.5, 0.6) is 5.75 Å². The van der Waals surface area contributed by atoms with Crippen LogP contribution in [0.3, 0.4) is 0 Å². The molecular formula is C16H20N2O4. The van der Waals surface area contributed by atoms with Crippen LogP contribution in [-0.2, 0) is 0 Å². The molecule has 6 nitrogen and oxygen atoms in total. The molecule has 0 aliphatic heterocycles. The summed E-state index contributed by atoms with van der Waals surface area (Å²) in [6.45, 7) is 0.671. The maximum absolute atomic E-state index is 12.1. The highest BCUT2D eigenvalue weighted by Crippen LogP contribution is 2.24. The molecule has 1 aromatic carbocycles. The van der Waals surface area contributed by atoms with E-state index in [-0.39, 0.29) is 23.6 Å². The third kappa shape index (κ3) is 3.65. The van der Waals surface area contributed by atoms with E-state index in [1.807, 2.05) is 0 Å². The number of carbonyl (C=O) groups excluding carboxylic acids is 1. The van der Waals surface area contributed by atoms with Crippen LogP contribution in [0, 0.1) is 5.41 Å². The van der Waals surface area contributed by atoms with Gasteiger partial charge in [0.25, 0.3) is 5.91 Å². The Morgan fingerprint density at radius 2 is 2.18 bits per heavy atom. The van der Waals surface area contributed by atoms with Crippen molar-refractivity contribution >= 4 is 16.9 Å². The molecule has 2 rings (SSSR count). The highest BCUT2D eigenvalue weighted by Gasteiger charge is 2.13. The van der Waals surface area contributed by atoms with Gasteiger partial charge in [0.05, 0.1) is 7.11 Å². The van der Waals surface area contributed by atoms with Gasteiger partial charge in [-0.05, 0) is 31.4 Å². The Labute approximate surface area is 128 Å². The van der Waals surface area contributed by atoms with E-state index in [4.69, 9.17) is 19.7 Å². The molecule has 0 spiro atoms. The number of amides is 1. The van der Waals surface area contributed by atoms with Gasteiger partial charge in [-0.3, -0.25) is 10.2 Å². The van der Waals surface area contributed by atoms with Crippen molar-refractivity contribution in [1.82, 2.24) is 5.32 Å². The van der Waals surface area contributed by atoms with Crippen molar-refractivity contribution in [3.63, 3.8) is 0 Å². The molecule has 0 aliphatic carbocycles. The van der Waals surface area contributed by atoms with Crippen LogP contribution in [0.4, 0.5) is 0 Å². The normalized spacial score (nSPS) is 10.6. The minimum Gasteiger partial charge on any atom is -0.493 e. The Balaban J connectivity index is 2.16. The Bertz CT molecular complexity index is 709. The van der Waals surface area contributed by atoms with Crippen LogP contribution in [0.1, 0.15) is 29.6 Å². The van der Waals surface area contributed by atoms with E-state index < -0.39 is 0 Å². The third-order valence-corrected chi connectivity index (χ3v) is 3.34. The quantitative estimate of drug-likeness (QED) is 0.680. The van der Waals surface area contributed by atoms with Crippen molar-refractivity contribution in [1.29, 1.82) is 5.41 Å². The summed E-state index contributed by atoms with van der Waals surface area (Å²) in [5.74, 6) is 0.199. The monoisotopic (exact) mass is 304 g/mol. The third-order valence-electron chi connectivity index (χ3n) is 3.34. The predicted octanol–water partition coefficient (Wildman–Crippen LogP) is 1.81. The second kappa shape index (κ2) is 7.61. The van der Waals surface area contributed by atoms with E-state index in [0.29, 0.717) is 23.3 Å². The first-order valence-electron chi connectivity index (χ1n) is 7.22. The number of hydrogen-bond acceptors (Lipinski definition) is 5. The van der Waals surface area contributed by atoms with Gasteiger partial charge in [0.1, 0.15) is 5.56 Å². The number of para-hydroxylation sites is 1. The second-order valence-electron chi connectivity index (χ2n) is 4.91. The number of unbranched alkanes of at least 4 members (excludes halogenated alkanes) is 2. The largest absolute Gasteiger partial charge is 0.493 e. The van der Waals surface area contributed by atoms with Gasteiger partial charge < -0.3 is 19.6 Å². The van der Waals surface area contributed by atoms with Gasteiger partial charge in [0, 0.05) is 18.5 Å². The average molecular weight is 304 g/mol. The molecule has 0 atom stereocenters. The summed E-state index contributed by atoms with van der Waals surface area (Å²) in [6.07, 6.45) is 2.37. The highest BCUT2D eigenvalue weighted by atomic mass is 16.5. The molecule has 22 heavy (non-hydrogen) atoms. The molecule has 0 unspecified atom stereocenters. The molecule has 0 fully saturated rings. The summed E-state index contributed by atoms with van der Waals surface area (Å²) >= 11 is 0. The number of hydrogen-bond donors (Lipinski definition) is 3. The van der Waals surface area contributed by atoms with Crippen molar-refractivity contribution in [2.24, 2.45) is 0 Å². The Hall–Kier alpha value is -2.34. The molecule has 118 valence electrons. The van der Waals surface area contributed by atoms with Gasteiger partial charge in [-0.2, -0.15) is 0 Å². The van der Waals surface area contributed by atoms with E-state index in [2.05, 4.69) is 5.32 Å². The van der Waals surface area contributed by atoms with Crippen LogP contribution in [0.15, 0.2) is 28.7 Å². The summed E-state index contributed by atoms with van der Waals surface area (Å²) < 4.78 is 10.6. The lowest BCUT2D eigenvalue weighted by Crippen LogP contribution is -2.29. The molecule has 1 amide bonds. The van der Waals surface area contributed by atoms with Crippen LogP contribution < -0.4 is 15.6 Å². The second-order valence-corrected chi connectivity index (χ2v) is 4.91. The number of rotatable bonds is 7. The molecule has 1 aromatic heterocycles. The van der Waals surface area contributed by atoms with Gasteiger partial charge in [0.15, 0.2) is 11.3 Å². The fourth-order valence-electron chi connectivity index (χ4n) is 2.17. The van der Waals surface area contributed by atoms with Crippen LogP contribution in [-0.4, -0.2) is 31.3 Å². The number of fused-ring (bicyclic) bond motifs is 1. The zero-order chi connectivity index (χ0) is 15.9. The summed E-state index contributed by atoms with van der Waals surface area (Å²) in [5.41, 5.74) is 0.460. The Morgan fingerprint density at radius 3 is 2.91 bits per heavy atom. The molecule has 3 N–H and O–H groups in total. The molecule has 0 bridgehead atoms. The lowest BCUT2D eigenvalue weighted by Gasteiger charge is -2.07. The van der Waals surface area contributed by atoms with Gasteiger partial charge in [-0.1, -0.05) is 12.1 Å². The zero-order valence-corrected chi connectivity index (χ0v) is 12.5. The number of aliphatic hydroxyl groups excluding tert-OH is 1. The molecule has 0 aliphatic rings.